The Morgan fingerprint density at radius 2 is 2.23 bits per heavy atom. The molecule has 0 aliphatic carbocycles. The number of carboxylic acid groups (broad SMARTS) is 1. The Bertz CT molecular complexity index is 365. The summed E-state index contributed by atoms with van der Waals surface area (Å²) in [6.07, 6.45) is 0. The van der Waals surface area contributed by atoms with Crippen molar-refractivity contribution in [1.82, 2.24) is 0 Å². The SMILES string of the molecule is O=C(O)c1cc(=O)cc(COO)o1. The third kappa shape index (κ3) is 2.39. The Labute approximate surface area is 71.9 Å². The van der Waals surface area contributed by atoms with E-state index in [9.17, 15) is 9.59 Å². The van der Waals surface area contributed by atoms with Crippen LogP contribution in [0.5, 0.6) is 0 Å². The van der Waals surface area contributed by atoms with Crippen LogP contribution in [0.4, 0.5) is 0 Å². The van der Waals surface area contributed by atoms with Crippen molar-refractivity contribution in [3.05, 3.63) is 33.9 Å². The van der Waals surface area contributed by atoms with E-state index in [1.807, 2.05) is 0 Å². The topological polar surface area (TPSA) is 97.0 Å². The Morgan fingerprint density at radius 3 is 2.77 bits per heavy atom. The summed E-state index contributed by atoms with van der Waals surface area (Å²) in [5.41, 5.74) is -0.518. The summed E-state index contributed by atoms with van der Waals surface area (Å²) in [5.74, 6) is -1.89. The van der Waals surface area contributed by atoms with E-state index in [0.717, 1.165) is 12.1 Å². The first-order valence-corrected chi connectivity index (χ1v) is 3.27. The maximum atomic E-state index is 10.8. The molecule has 0 aromatic carbocycles. The molecular formula is C7H6O6. The van der Waals surface area contributed by atoms with E-state index in [1.165, 1.54) is 0 Å². The van der Waals surface area contributed by atoms with Crippen LogP contribution in [0.2, 0.25) is 0 Å². The van der Waals surface area contributed by atoms with Gasteiger partial charge in [0.05, 0.1) is 0 Å². The minimum Gasteiger partial charge on any atom is -0.475 e. The van der Waals surface area contributed by atoms with Gasteiger partial charge in [-0.05, 0) is 0 Å². The van der Waals surface area contributed by atoms with Gasteiger partial charge in [-0.2, -0.15) is 0 Å². The van der Waals surface area contributed by atoms with Gasteiger partial charge < -0.3 is 9.52 Å². The summed E-state index contributed by atoms with van der Waals surface area (Å²) in [7, 11) is 0. The first-order chi connectivity index (χ1) is 6.13. The van der Waals surface area contributed by atoms with Crippen LogP contribution in [0.25, 0.3) is 0 Å². The Hall–Kier alpha value is -1.66. The average molecular weight is 186 g/mol. The normalized spacial score (nSPS) is 9.92. The van der Waals surface area contributed by atoms with Gasteiger partial charge in [-0.25, -0.2) is 9.68 Å². The molecule has 0 fully saturated rings. The van der Waals surface area contributed by atoms with E-state index in [4.69, 9.17) is 10.4 Å². The van der Waals surface area contributed by atoms with Crippen LogP contribution in [0, 0.1) is 0 Å². The minimum absolute atomic E-state index is 0.0487. The Balaban J connectivity index is 3.11. The van der Waals surface area contributed by atoms with E-state index in [0.29, 0.717) is 0 Å². The predicted molar refractivity (Wildman–Crippen MR) is 39.4 cm³/mol. The van der Waals surface area contributed by atoms with Crippen molar-refractivity contribution in [3.63, 3.8) is 0 Å². The molecule has 6 nitrogen and oxygen atoms in total. The molecule has 70 valence electrons. The highest BCUT2D eigenvalue weighted by atomic mass is 17.1. The molecular weight excluding hydrogens is 180 g/mol. The van der Waals surface area contributed by atoms with Crippen molar-refractivity contribution in [2.24, 2.45) is 0 Å². The lowest BCUT2D eigenvalue weighted by Gasteiger charge is -1.97. The fourth-order valence-electron chi connectivity index (χ4n) is 0.770. The average Bonchev–Trinajstić information content (AvgIpc) is 2.03. The summed E-state index contributed by atoms with van der Waals surface area (Å²) < 4.78 is 4.68. The molecule has 0 amide bonds. The predicted octanol–water partition coefficient (Wildman–Crippen LogP) is 0.328. The van der Waals surface area contributed by atoms with Gasteiger partial charge in [0.15, 0.2) is 5.43 Å². The standard InChI is InChI=1S/C7H6O6/c8-4-1-5(3-12-11)13-6(2-4)7(9)10/h1-2,11H,3H2,(H,9,10). The van der Waals surface area contributed by atoms with Crippen molar-refractivity contribution < 1.29 is 24.5 Å². The highest BCUT2D eigenvalue weighted by Crippen LogP contribution is 2.02. The maximum absolute atomic E-state index is 10.8. The van der Waals surface area contributed by atoms with E-state index < -0.39 is 17.2 Å². The first-order valence-electron chi connectivity index (χ1n) is 3.27. The number of hydrogen-bond donors (Lipinski definition) is 2. The fourth-order valence-corrected chi connectivity index (χ4v) is 0.770. The van der Waals surface area contributed by atoms with Crippen LogP contribution in [-0.2, 0) is 11.5 Å². The molecule has 1 rings (SSSR count). The smallest absolute Gasteiger partial charge is 0.371 e. The third-order valence-corrected chi connectivity index (χ3v) is 1.24. The van der Waals surface area contributed by atoms with E-state index in [2.05, 4.69) is 9.30 Å². The molecule has 0 atom stereocenters. The van der Waals surface area contributed by atoms with Crippen molar-refractivity contribution in [1.29, 1.82) is 0 Å². The summed E-state index contributed by atoms with van der Waals surface area (Å²) in [6, 6.07) is 1.87. The number of aromatic carboxylic acids is 1. The van der Waals surface area contributed by atoms with Crippen LogP contribution < -0.4 is 5.43 Å². The highest BCUT2D eigenvalue weighted by Gasteiger charge is 2.08. The quantitative estimate of drug-likeness (QED) is 0.521. The fraction of sp³-hybridized carbons (Fsp3) is 0.143. The molecule has 13 heavy (non-hydrogen) atoms. The lowest BCUT2D eigenvalue weighted by atomic mass is 10.3. The van der Waals surface area contributed by atoms with Gasteiger partial charge in [-0.1, -0.05) is 0 Å². The molecule has 1 aromatic heterocycles. The summed E-state index contributed by atoms with van der Waals surface area (Å²) >= 11 is 0. The van der Waals surface area contributed by atoms with Gasteiger partial charge in [0.25, 0.3) is 0 Å². The zero-order valence-electron chi connectivity index (χ0n) is 6.39. The number of carbonyl (C=O) groups is 1. The molecule has 0 radical (unpaired) electrons. The van der Waals surface area contributed by atoms with E-state index in [1.54, 1.807) is 0 Å². The summed E-state index contributed by atoms with van der Waals surface area (Å²) in [4.78, 5) is 24.9. The molecule has 0 aliphatic heterocycles. The number of rotatable bonds is 3. The second-order valence-electron chi connectivity index (χ2n) is 2.20. The second-order valence-corrected chi connectivity index (χ2v) is 2.20. The van der Waals surface area contributed by atoms with Gasteiger partial charge in [0.2, 0.25) is 5.76 Å². The van der Waals surface area contributed by atoms with Crippen molar-refractivity contribution in [3.8, 4) is 0 Å². The number of carboxylic acids is 1. The maximum Gasteiger partial charge on any atom is 0.371 e. The molecule has 0 saturated carbocycles. The van der Waals surface area contributed by atoms with Gasteiger partial charge in [-0.15, -0.1) is 0 Å². The van der Waals surface area contributed by atoms with Crippen LogP contribution in [-0.4, -0.2) is 16.3 Å². The minimum atomic E-state index is -1.35. The summed E-state index contributed by atoms with van der Waals surface area (Å²) in [5, 5.41) is 16.5. The Kier molecular flexibility index (Phi) is 2.78. The van der Waals surface area contributed by atoms with E-state index >= 15 is 0 Å². The number of hydrogen-bond acceptors (Lipinski definition) is 5. The molecule has 2 N–H and O–H groups in total. The molecule has 0 unspecified atom stereocenters. The van der Waals surface area contributed by atoms with Crippen molar-refractivity contribution >= 4 is 5.97 Å². The first kappa shape index (κ1) is 9.43. The van der Waals surface area contributed by atoms with Gasteiger partial charge in [0, 0.05) is 12.1 Å². The van der Waals surface area contributed by atoms with Crippen LogP contribution in [0.15, 0.2) is 21.3 Å². The largest absolute Gasteiger partial charge is 0.475 e. The monoisotopic (exact) mass is 186 g/mol. The van der Waals surface area contributed by atoms with Crippen LogP contribution >= 0.6 is 0 Å². The lowest BCUT2D eigenvalue weighted by Crippen LogP contribution is -2.07. The van der Waals surface area contributed by atoms with Crippen LogP contribution in [0.1, 0.15) is 16.3 Å². The zero-order valence-corrected chi connectivity index (χ0v) is 6.39. The van der Waals surface area contributed by atoms with E-state index in [-0.39, 0.29) is 12.4 Å². The second kappa shape index (κ2) is 3.83. The Morgan fingerprint density at radius 1 is 1.54 bits per heavy atom. The highest BCUT2D eigenvalue weighted by molar-refractivity contribution is 5.84. The summed E-state index contributed by atoms with van der Waals surface area (Å²) in [6.45, 7) is -0.365. The third-order valence-electron chi connectivity index (χ3n) is 1.24. The molecule has 0 spiro atoms. The van der Waals surface area contributed by atoms with Gasteiger partial charge in [-0.3, -0.25) is 10.1 Å². The zero-order chi connectivity index (χ0) is 9.84. The van der Waals surface area contributed by atoms with Crippen molar-refractivity contribution in [2.75, 3.05) is 0 Å². The molecule has 0 aliphatic rings. The van der Waals surface area contributed by atoms with Gasteiger partial charge in [0.1, 0.15) is 12.4 Å². The molecule has 0 saturated heterocycles. The molecule has 1 aromatic rings. The van der Waals surface area contributed by atoms with Crippen LogP contribution in [0.3, 0.4) is 0 Å². The van der Waals surface area contributed by atoms with Crippen molar-refractivity contribution in [2.45, 2.75) is 6.61 Å². The van der Waals surface area contributed by atoms with Gasteiger partial charge >= 0.3 is 5.97 Å². The molecule has 1 heterocycles. The molecule has 0 bridgehead atoms. The molecule has 6 heteroatoms. The lowest BCUT2D eigenvalue weighted by molar-refractivity contribution is -0.256.